The van der Waals surface area contributed by atoms with Gasteiger partial charge in [0, 0.05) is 26.1 Å². The number of nitrogens with zero attached hydrogens (tertiary/aromatic N) is 3. The molecule has 1 aromatic rings. The van der Waals surface area contributed by atoms with Crippen LogP contribution in [0.3, 0.4) is 0 Å². The SMILES string of the molecule is CCc1nn(C)c(CC2(O)CCCN(C(C)C)CC2)c1Br. The van der Waals surface area contributed by atoms with Crippen molar-refractivity contribution in [2.24, 2.45) is 7.05 Å². The van der Waals surface area contributed by atoms with Crippen LogP contribution in [0.5, 0.6) is 0 Å². The van der Waals surface area contributed by atoms with Crippen molar-refractivity contribution < 1.29 is 5.11 Å². The molecule has 1 aliphatic rings. The van der Waals surface area contributed by atoms with E-state index >= 15 is 0 Å². The van der Waals surface area contributed by atoms with Crippen molar-refractivity contribution in [2.45, 2.75) is 64.5 Å². The molecule has 1 atom stereocenters. The molecule has 120 valence electrons. The molecule has 1 aromatic heterocycles. The standard InChI is InChI=1S/C16H28BrN3O/c1-5-13-15(17)14(19(4)18-13)11-16(21)7-6-9-20(10-8-16)12(2)3/h12,21H,5-11H2,1-4H3. The Morgan fingerprint density at radius 3 is 2.62 bits per heavy atom. The summed E-state index contributed by atoms with van der Waals surface area (Å²) in [5, 5.41) is 15.6. The minimum atomic E-state index is -0.606. The highest BCUT2D eigenvalue weighted by molar-refractivity contribution is 9.10. The predicted molar refractivity (Wildman–Crippen MR) is 89.5 cm³/mol. The molecule has 4 nitrogen and oxygen atoms in total. The van der Waals surface area contributed by atoms with Crippen molar-refractivity contribution in [3.8, 4) is 0 Å². The van der Waals surface area contributed by atoms with Gasteiger partial charge in [0.25, 0.3) is 0 Å². The molecular weight excluding hydrogens is 330 g/mol. The number of rotatable bonds is 4. The summed E-state index contributed by atoms with van der Waals surface area (Å²) in [6.07, 6.45) is 4.36. The van der Waals surface area contributed by atoms with Crippen molar-refractivity contribution in [1.82, 2.24) is 14.7 Å². The first-order valence-electron chi connectivity index (χ1n) is 8.03. The monoisotopic (exact) mass is 357 g/mol. The fourth-order valence-corrected chi connectivity index (χ4v) is 3.97. The van der Waals surface area contributed by atoms with E-state index in [9.17, 15) is 5.11 Å². The first-order chi connectivity index (χ1) is 9.86. The van der Waals surface area contributed by atoms with Crippen LogP contribution >= 0.6 is 15.9 Å². The average molecular weight is 358 g/mol. The molecule has 0 aliphatic carbocycles. The van der Waals surface area contributed by atoms with E-state index < -0.39 is 5.60 Å². The van der Waals surface area contributed by atoms with E-state index in [1.807, 2.05) is 11.7 Å². The van der Waals surface area contributed by atoms with Gasteiger partial charge in [-0.15, -0.1) is 0 Å². The Morgan fingerprint density at radius 1 is 1.33 bits per heavy atom. The highest BCUT2D eigenvalue weighted by Gasteiger charge is 2.33. The van der Waals surface area contributed by atoms with Crippen molar-refractivity contribution in [3.63, 3.8) is 0 Å². The summed E-state index contributed by atoms with van der Waals surface area (Å²) in [6.45, 7) is 8.64. The van der Waals surface area contributed by atoms with Gasteiger partial charge in [0.05, 0.1) is 21.5 Å². The van der Waals surface area contributed by atoms with E-state index in [1.165, 1.54) is 0 Å². The second-order valence-electron chi connectivity index (χ2n) is 6.57. The molecule has 0 bridgehead atoms. The van der Waals surface area contributed by atoms with E-state index in [4.69, 9.17) is 0 Å². The van der Waals surface area contributed by atoms with Crippen LogP contribution in [0.15, 0.2) is 4.47 Å². The molecule has 0 aromatic carbocycles. The van der Waals surface area contributed by atoms with E-state index in [0.29, 0.717) is 12.5 Å². The number of aryl methyl sites for hydroxylation is 2. The zero-order valence-electron chi connectivity index (χ0n) is 13.7. The number of hydrogen-bond acceptors (Lipinski definition) is 3. The fourth-order valence-electron chi connectivity index (χ4n) is 3.22. The summed E-state index contributed by atoms with van der Waals surface area (Å²) in [5.74, 6) is 0. The summed E-state index contributed by atoms with van der Waals surface area (Å²) in [5.41, 5.74) is 1.59. The molecule has 1 fully saturated rings. The molecule has 0 saturated carbocycles. The Labute approximate surface area is 136 Å². The number of halogens is 1. The Balaban J connectivity index is 2.13. The number of likely N-dealkylation sites (tertiary alicyclic amines) is 1. The molecule has 0 amide bonds. The van der Waals surface area contributed by atoms with Crippen LogP contribution in [0.2, 0.25) is 0 Å². The molecule has 5 heteroatoms. The van der Waals surface area contributed by atoms with Crippen molar-refractivity contribution in [1.29, 1.82) is 0 Å². The van der Waals surface area contributed by atoms with Gasteiger partial charge in [-0.3, -0.25) is 4.68 Å². The van der Waals surface area contributed by atoms with Gasteiger partial charge in [0.1, 0.15) is 0 Å². The minimum Gasteiger partial charge on any atom is -0.389 e. The smallest absolute Gasteiger partial charge is 0.0766 e. The third-order valence-electron chi connectivity index (χ3n) is 4.68. The van der Waals surface area contributed by atoms with Crippen LogP contribution in [-0.2, 0) is 19.9 Å². The summed E-state index contributed by atoms with van der Waals surface area (Å²) in [7, 11) is 1.97. The molecule has 2 heterocycles. The Kier molecular flexibility index (Phi) is 5.49. The summed E-state index contributed by atoms with van der Waals surface area (Å²) in [4.78, 5) is 2.47. The van der Waals surface area contributed by atoms with Gasteiger partial charge in [-0.25, -0.2) is 0 Å². The van der Waals surface area contributed by atoms with E-state index in [0.717, 1.165) is 54.6 Å². The predicted octanol–water partition coefficient (Wildman–Crippen LogP) is 2.91. The van der Waals surface area contributed by atoms with Crippen molar-refractivity contribution in [3.05, 3.63) is 15.9 Å². The maximum absolute atomic E-state index is 11.0. The number of aliphatic hydroxyl groups is 1. The maximum atomic E-state index is 11.0. The first kappa shape index (κ1) is 17.0. The third kappa shape index (κ3) is 3.88. The van der Waals surface area contributed by atoms with Crippen molar-refractivity contribution >= 4 is 15.9 Å². The summed E-state index contributed by atoms with van der Waals surface area (Å²) >= 11 is 3.66. The van der Waals surface area contributed by atoms with Crippen LogP contribution in [-0.4, -0.2) is 44.5 Å². The minimum absolute atomic E-state index is 0.558. The van der Waals surface area contributed by atoms with Gasteiger partial charge in [0.2, 0.25) is 0 Å². The highest BCUT2D eigenvalue weighted by atomic mass is 79.9. The zero-order valence-corrected chi connectivity index (χ0v) is 15.3. The van der Waals surface area contributed by atoms with Gasteiger partial charge in [-0.1, -0.05) is 6.92 Å². The second kappa shape index (κ2) is 6.80. The molecule has 2 rings (SSSR count). The Morgan fingerprint density at radius 2 is 2.05 bits per heavy atom. The lowest BCUT2D eigenvalue weighted by Gasteiger charge is -2.28. The first-order valence-corrected chi connectivity index (χ1v) is 8.82. The molecule has 1 N–H and O–H groups in total. The van der Waals surface area contributed by atoms with Crippen molar-refractivity contribution in [2.75, 3.05) is 13.1 Å². The van der Waals surface area contributed by atoms with Gasteiger partial charge in [-0.2, -0.15) is 5.10 Å². The van der Waals surface area contributed by atoms with Crippen LogP contribution in [0.1, 0.15) is 51.4 Å². The Hall–Kier alpha value is -0.390. The van der Waals surface area contributed by atoms with Crippen LogP contribution in [0, 0.1) is 0 Å². The van der Waals surface area contributed by atoms with E-state index in [2.05, 4.69) is 46.7 Å². The quantitative estimate of drug-likeness (QED) is 0.900. The number of hydrogen-bond donors (Lipinski definition) is 1. The molecule has 0 spiro atoms. The average Bonchev–Trinajstić information content (AvgIpc) is 2.61. The fraction of sp³-hybridized carbons (Fsp3) is 0.812. The molecular formula is C16H28BrN3O. The van der Waals surface area contributed by atoms with Crippen LogP contribution in [0.25, 0.3) is 0 Å². The van der Waals surface area contributed by atoms with Crippen LogP contribution < -0.4 is 0 Å². The third-order valence-corrected chi connectivity index (χ3v) is 5.60. The lowest BCUT2D eigenvalue weighted by molar-refractivity contribution is 0.0230. The molecule has 1 saturated heterocycles. The maximum Gasteiger partial charge on any atom is 0.0766 e. The highest BCUT2D eigenvalue weighted by Crippen LogP contribution is 2.31. The molecule has 1 unspecified atom stereocenters. The normalized spacial score (nSPS) is 24.5. The summed E-state index contributed by atoms with van der Waals surface area (Å²) in [6, 6.07) is 0.558. The van der Waals surface area contributed by atoms with Gasteiger partial charge >= 0.3 is 0 Å². The summed E-state index contributed by atoms with van der Waals surface area (Å²) < 4.78 is 3.00. The molecule has 0 radical (unpaired) electrons. The topological polar surface area (TPSA) is 41.3 Å². The van der Waals surface area contributed by atoms with Crippen LogP contribution in [0.4, 0.5) is 0 Å². The molecule has 1 aliphatic heterocycles. The van der Waals surface area contributed by atoms with E-state index in [1.54, 1.807) is 0 Å². The zero-order chi connectivity index (χ0) is 15.6. The molecule has 21 heavy (non-hydrogen) atoms. The lowest BCUT2D eigenvalue weighted by Crippen LogP contribution is -2.36. The lowest BCUT2D eigenvalue weighted by atomic mass is 9.89. The second-order valence-corrected chi connectivity index (χ2v) is 7.36. The van der Waals surface area contributed by atoms with Gasteiger partial charge in [-0.05, 0) is 62.0 Å². The largest absolute Gasteiger partial charge is 0.389 e. The number of aromatic nitrogens is 2. The van der Waals surface area contributed by atoms with Gasteiger partial charge in [0.15, 0.2) is 0 Å². The van der Waals surface area contributed by atoms with Gasteiger partial charge < -0.3 is 10.0 Å². The van der Waals surface area contributed by atoms with E-state index in [-0.39, 0.29) is 0 Å². The Bertz CT molecular complexity index is 486.